The van der Waals surface area contributed by atoms with Crippen LogP contribution in [0.4, 0.5) is 10.6 Å². The molecule has 15 heavy (non-hydrogen) atoms. The first-order valence-corrected chi connectivity index (χ1v) is 4.41. The molecule has 1 unspecified atom stereocenters. The highest BCUT2D eigenvalue weighted by Crippen LogP contribution is 2.15. The van der Waals surface area contributed by atoms with Crippen molar-refractivity contribution in [3.63, 3.8) is 0 Å². The molecule has 0 spiro atoms. The Bertz CT molecular complexity index is 375. The maximum atomic E-state index is 11.5. The lowest BCUT2D eigenvalue weighted by atomic mass is 10.2. The predicted octanol–water partition coefficient (Wildman–Crippen LogP) is -0.154. The van der Waals surface area contributed by atoms with E-state index >= 15 is 0 Å². The lowest BCUT2D eigenvalue weighted by Gasteiger charge is -2.27. The van der Waals surface area contributed by atoms with Gasteiger partial charge in [0.1, 0.15) is 12.0 Å². The number of imide groups is 1. The Labute approximate surface area is 85.5 Å². The average Bonchev–Trinajstić information content (AvgIpc) is 2.17. The van der Waals surface area contributed by atoms with Gasteiger partial charge >= 0.3 is 6.03 Å². The van der Waals surface area contributed by atoms with E-state index in [1.54, 1.807) is 18.2 Å². The van der Waals surface area contributed by atoms with Gasteiger partial charge in [-0.15, -0.1) is 0 Å². The van der Waals surface area contributed by atoms with Crippen molar-refractivity contribution in [1.82, 2.24) is 10.3 Å². The second-order valence-electron chi connectivity index (χ2n) is 3.09. The Hall–Kier alpha value is -1.95. The summed E-state index contributed by atoms with van der Waals surface area (Å²) >= 11 is 0. The fourth-order valence-corrected chi connectivity index (χ4v) is 1.35. The first-order valence-electron chi connectivity index (χ1n) is 4.41. The van der Waals surface area contributed by atoms with Crippen LogP contribution >= 0.6 is 0 Å². The summed E-state index contributed by atoms with van der Waals surface area (Å²) in [4.78, 5) is 27.7. The molecule has 1 aliphatic heterocycles. The number of nitrogens with one attached hydrogen (secondary N) is 1. The topological polar surface area (TPSA) is 82.5 Å². The van der Waals surface area contributed by atoms with Crippen molar-refractivity contribution in [1.29, 1.82) is 0 Å². The van der Waals surface area contributed by atoms with E-state index < -0.39 is 18.2 Å². The molecule has 1 aromatic heterocycles. The minimum absolute atomic E-state index is 0.137. The van der Waals surface area contributed by atoms with Gasteiger partial charge in [-0.25, -0.2) is 14.7 Å². The zero-order chi connectivity index (χ0) is 10.8. The summed E-state index contributed by atoms with van der Waals surface area (Å²) in [6.07, 6.45) is 0.244. The van der Waals surface area contributed by atoms with E-state index in [2.05, 4.69) is 10.3 Å². The number of aromatic nitrogens is 1. The Morgan fingerprint density at radius 1 is 1.47 bits per heavy atom. The zero-order valence-corrected chi connectivity index (χ0v) is 7.75. The molecule has 1 saturated heterocycles. The molecule has 2 rings (SSSR count). The van der Waals surface area contributed by atoms with Crippen LogP contribution in [0.3, 0.4) is 0 Å². The molecular weight excluding hydrogens is 198 g/mol. The van der Waals surface area contributed by atoms with E-state index in [4.69, 9.17) is 5.11 Å². The quantitative estimate of drug-likeness (QED) is 0.670. The van der Waals surface area contributed by atoms with Crippen molar-refractivity contribution in [3.05, 3.63) is 24.4 Å². The number of rotatable bonds is 1. The van der Waals surface area contributed by atoms with Gasteiger partial charge < -0.3 is 10.4 Å². The Morgan fingerprint density at radius 3 is 2.87 bits per heavy atom. The molecular formula is C9H9N3O3. The number of hydrogen-bond donors (Lipinski definition) is 2. The molecule has 1 aliphatic rings. The highest BCUT2D eigenvalue weighted by Gasteiger charge is 2.32. The van der Waals surface area contributed by atoms with Crippen molar-refractivity contribution in [2.75, 3.05) is 4.90 Å². The van der Waals surface area contributed by atoms with Crippen LogP contribution in [0.25, 0.3) is 0 Å². The summed E-state index contributed by atoms with van der Waals surface area (Å²) in [5, 5.41) is 11.4. The molecule has 0 radical (unpaired) electrons. The Balaban J connectivity index is 2.29. The van der Waals surface area contributed by atoms with Crippen LogP contribution in [0, 0.1) is 0 Å². The third-order valence-electron chi connectivity index (χ3n) is 1.99. The first-order chi connectivity index (χ1) is 7.18. The second-order valence-corrected chi connectivity index (χ2v) is 3.09. The molecule has 0 aliphatic carbocycles. The number of aliphatic hydroxyl groups is 1. The van der Waals surface area contributed by atoms with E-state index in [-0.39, 0.29) is 12.2 Å². The normalized spacial score (nSPS) is 21.4. The molecule has 6 nitrogen and oxygen atoms in total. The van der Waals surface area contributed by atoms with Crippen LogP contribution in [0.2, 0.25) is 0 Å². The molecule has 1 atom stereocenters. The molecule has 1 fully saturated rings. The average molecular weight is 207 g/mol. The number of urea groups is 1. The second kappa shape index (κ2) is 3.66. The van der Waals surface area contributed by atoms with Gasteiger partial charge in [0.15, 0.2) is 0 Å². The maximum absolute atomic E-state index is 11.5. The molecule has 2 heterocycles. The summed E-state index contributed by atoms with van der Waals surface area (Å²) in [5.41, 5.74) is 0. The fourth-order valence-electron chi connectivity index (χ4n) is 1.35. The van der Waals surface area contributed by atoms with Gasteiger partial charge in [0, 0.05) is 6.20 Å². The smallest absolute Gasteiger partial charge is 0.332 e. The summed E-state index contributed by atoms with van der Waals surface area (Å²) in [6, 6.07) is 4.26. The monoisotopic (exact) mass is 207 g/mol. The number of nitrogens with zero attached hydrogens (tertiary/aromatic N) is 2. The number of anilines is 1. The van der Waals surface area contributed by atoms with E-state index in [9.17, 15) is 9.59 Å². The van der Waals surface area contributed by atoms with Crippen molar-refractivity contribution >= 4 is 17.8 Å². The summed E-state index contributed by atoms with van der Waals surface area (Å²) in [7, 11) is 0. The Kier molecular flexibility index (Phi) is 2.34. The fraction of sp³-hybridized carbons (Fsp3) is 0.222. The van der Waals surface area contributed by atoms with Crippen LogP contribution in [-0.4, -0.2) is 28.3 Å². The number of carbonyl (C=O) groups is 2. The van der Waals surface area contributed by atoms with Gasteiger partial charge in [-0.2, -0.15) is 0 Å². The molecule has 0 aromatic carbocycles. The molecule has 0 bridgehead atoms. The molecule has 78 valence electrons. The van der Waals surface area contributed by atoms with Gasteiger partial charge in [-0.1, -0.05) is 6.07 Å². The largest absolute Gasteiger partial charge is 0.373 e. The summed E-state index contributed by atoms with van der Waals surface area (Å²) in [5.74, 6) is -0.211. The molecule has 2 N–H and O–H groups in total. The molecule has 1 aromatic rings. The van der Waals surface area contributed by atoms with Gasteiger partial charge in [0.05, 0.1) is 6.42 Å². The molecule has 6 heteroatoms. The number of aliphatic hydroxyl groups excluding tert-OH is 1. The summed E-state index contributed by atoms with van der Waals surface area (Å²) < 4.78 is 0. The minimum atomic E-state index is -1.11. The summed E-state index contributed by atoms with van der Waals surface area (Å²) in [6.45, 7) is 0. The van der Waals surface area contributed by atoms with Crippen LogP contribution in [-0.2, 0) is 4.79 Å². The SMILES string of the molecule is O=C1CC(O)NC(=O)N1c1ccccn1. The van der Waals surface area contributed by atoms with Crippen LogP contribution < -0.4 is 10.2 Å². The highest BCUT2D eigenvalue weighted by atomic mass is 16.3. The minimum Gasteiger partial charge on any atom is -0.373 e. The van der Waals surface area contributed by atoms with Crippen molar-refractivity contribution in [3.8, 4) is 0 Å². The lowest BCUT2D eigenvalue weighted by Crippen LogP contribution is -2.55. The van der Waals surface area contributed by atoms with Crippen LogP contribution in [0.15, 0.2) is 24.4 Å². The van der Waals surface area contributed by atoms with Gasteiger partial charge in [-0.05, 0) is 12.1 Å². The lowest BCUT2D eigenvalue weighted by molar-refractivity contribution is -0.121. The van der Waals surface area contributed by atoms with E-state index in [0.29, 0.717) is 0 Å². The van der Waals surface area contributed by atoms with E-state index in [1.807, 2.05) is 0 Å². The standard InChI is InChI=1S/C9H9N3O3/c13-7-5-8(14)12(9(15)11-7)6-3-1-2-4-10-6/h1-4,7,13H,5H2,(H,11,15). The highest BCUT2D eigenvalue weighted by molar-refractivity contribution is 6.15. The number of hydrogen-bond acceptors (Lipinski definition) is 4. The van der Waals surface area contributed by atoms with E-state index in [0.717, 1.165) is 4.90 Å². The van der Waals surface area contributed by atoms with Crippen molar-refractivity contribution in [2.45, 2.75) is 12.6 Å². The Morgan fingerprint density at radius 2 is 2.27 bits per heavy atom. The van der Waals surface area contributed by atoms with Crippen LogP contribution in [0.1, 0.15) is 6.42 Å². The van der Waals surface area contributed by atoms with E-state index in [1.165, 1.54) is 6.20 Å². The van der Waals surface area contributed by atoms with Gasteiger partial charge in [0.2, 0.25) is 5.91 Å². The third-order valence-corrected chi connectivity index (χ3v) is 1.99. The number of carbonyl (C=O) groups excluding carboxylic acids is 2. The molecule has 0 saturated carbocycles. The molecule has 3 amide bonds. The number of pyridine rings is 1. The predicted molar refractivity (Wildman–Crippen MR) is 50.9 cm³/mol. The van der Waals surface area contributed by atoms with Gasteiger partial charge in [-0.3, -0.25) is 4.79 Å². The van der Waals surface area contributed by atoms with Crippen molar-refractivity contribution < 1.29 is 14.7 Å². The first kappa shape index (κ1) is 9.60. The number of amides is 3. The zero-order valence-electron chi connectivity index (χ0n) is 7.75. The van der Waals surface area contributed by atoms with Crippen LogP contribution in [0.5, 0.6) is 0 Å². The maximum Gasteiger partial charge on any atom is 0.332 e. The third kappa shape index (κ3) is 1.79. The van der Waals surface area contributed by atoms with Crippen molar-refractivity contribution in [2.24, 2.45) is 0 Å². The van der Waals surface area contributed by atoms with Gasteiger partial charge in [0.25, 0.3) is 0 Å².